The van der Waals surface area contributed by atoms with Crippen molar-refractivity contribution in [1.82, 2.24) is 15.0 Å². The first-order valence-corrected chi connectivity index (χ1v) is 11.4. The zero-order chi connectivity index (χ0) is 20.2. The quantitative estimate of drug-likeness (QED) is 0.290. The average Bonchev–Trinajstić information content (AvgIpc) is 3.08. The summed E-state index contributed by atoms with van der Waals surface area (Å²) >= 11 is 0. The molecule has 0 fully saturated rings. The number of unbranched alkanes of at least 4 members (excludes halogenated alkanes) is 10. The molecule has 0 amide bonds. The van der Waals surface area contributed by atoms with Crippen LogP contribution in [0, 0.1) is 11.6 Å². The molecule has 1 aromatic carbocycles. The highest BCUT2D eigenvalue weighted by Crippen LogP contribution is 2.24. The van der Waals surface area contributed by atoms with Crippen LogP contribution in [0.15, 0.2) is 12.1 Å². The largest absolute Gasteiger partial charge is 0.204 e. The summed E-state index contributed by atoms with van der Waals surface area (Å²) in [5.74, 6) is -1.72. The Kier molecular flexibility index (Phi) is 10.4. The van der Waals surface area contributed by atoms with E-state index in [1.54, 1.807) is 4.80 Å². The van der Waals surface area contributed by atoms with Gasteiger partial charge in [-0.25, -0.2) is 8.78 Å². The van der Waals surface area contributed by atoms with Crippen LogP contribution in [0.5, 0.6) is 0 Å². The molecular formula is C23H37F2N3. The molecule has 2 rings (SSSR count). The number of aromatic nitrogens is 3. The maximum Gasteiger partial charge on any atom is 0.161 e. The number of hydrogen-bond donors (Lipinski definition) is 0. The second-order valence-corrected chi connectivity index (χ2v) is 8.04. The van der Waals surface area contributed by atoms with Gasteiger partial charge >= 0.3 is 0 Å². The number of benzene rings is 1. The molecule has 0 saturated heterocycles. The molecule has 1 aromatic heterocycles. The molecule has 1 heterocycles. The maximum atomic E-state index is 13.5. The van der Waals surface area contributed by atoms with E-state index in [9.17, 15) is 8.78 Å². The van der Waals surface area contributed by atoms with Crippen LogP contribution in [0.3, 0.4) is 0 Å². The van der Waals surface area contributed by atoms with Gasteiger partial charge in [0, 0.05) is 12.1 Å². The highest BCUT2D eigenvalue weighted by atomic mass is 19.2. The van der Waals surface area contributed by atoms with Crippen LogP contribution in [0.1, 0.15) is 110 Å². The van der Waals surface area contributed by atoms with E-state index in [-0.39, 0.29) is 6.04 Å². The van der Waals surface area contributed by atoms with Gasteiger partial charge in [0.1, 0.15) is 11.0 Å². The van der Waals surface area contributed by atoms with Crippen molar-refractivity contribution in [3.63, 3.8) is 0 Å². The van der Waals surface area contributed by atoms with E-state index >= 15 is 0 Å². The fraction of sp³-hybridized carbons (Fsp3) is 0.739. The van der Waals surface area contributed by atoms with Crippen LogP contribution in [0.2, 0.25) is 0 Å². The summed E-state index contributed by atoms with van der Waals surface area (Å²) in [6.45, 7) is 4.46. The lowest BCUT2D eigenvalue weighted by Gasteiger charge is -2.16. The third-order valence-electron chi connectivity index (χ3n) is 5.55. The zero-order valence-electron chi connectivity index (χ0n) is 17.7. The van der Waals surface area contributed by atoms with Gasteiger partial charge in [0.15, 0.2) is 11.6 Å². The van der Waals surface area contributed by atoms with E-state index in [4.69, 9.17) is 0 Å². The van der Waals surface area contributed by atoms with E-state index in [1.165, 1.54) is 64.2 Å². The highest BCUT2D eigenvalue weighted by Gasteiger charge is 2.16. The van der Waals surface area contributed by atoms with Crippen molar-refractivity contribution in [3.05, 3.63) is 23.8 Å². The smallest absolute Gasteiger partial charge is 0.161 e. The fourth-order valence-electron chi connectivity index (χ4n) is 3.79. The predicted molar refractivity (Wildman–Crippen MR) is 112 cm³/mol. The lowest BCUT2D eigenvalue weighted by atomic mass is 10.0. The molecule has 0 aliphatic carbocycles. The number of hydrogen-bond acceptors (Lipinski definition) is 2. The zero-order valence-corrected chi connectivity index (χ0v) is 17.7. The van der Waals surface area contributed by atoms with Gasteiger partial charge in [-0.05, 0) is 12.8 Å². The summed E-state index contributed by atoms with van der Waals surface area (Å²) in [5, 5.41) is 8.94. The van der Waals surface area contributed by atoms with Crippen molar-refractivity contribution >= 4 is 11.0 Å². The van der Waals surface area contributed by atoms with Crippen molar-refractivity contribution < 1.29 is 8.78 Å². The Morgan fingerprint density at radius 3 is 1.50 bits per heavy atom. The summed E-state index contributed by atoms with van der Waals surface area (Å²) < 4.78 is 27.0. The molecule has 0 aliphatic heterocycles. The minimum atomic E-state index is -0.858. The Bertz CT molecular complexity index is 629. The molecule has 5 heteroatoms. The van der Waals surface area contributed by atoms with Gasteiger partial charge < -0.3 is 0 Å². The van der Waals surface area contributed by atoms with E-state index in [1.807, 2.05) is 0 Å². The molecular weight excluding hydrogens is 356 g/mol. The third-order valence-corrected chi connectivity index (χ3v) is 5.55. The first-order chi connectivity index (χ1) is 13.7. The van der Waals surface area contributed by atoms with Gasteiger partial charge in [0.05, 0.1) is 6.04 Å². The Labute approximate surface area is 168 Å². The van der Waals surface area contributed by atoms with Crippen LogP contribution in [-0.4, -0.2) is 15.0 Å². The first kappa shape index (κ1) is 22.8. The molecule has 0 radical (unpaired) electrons. The van der Waals surface area contributed by atoms with Gasteiger partial charge in [0.25, 0.3) is 0 Å². The average molecular weight is 394 g/mol. The highest BCUT2D eigenvalue weighted by molar-refractivity contribution is 5.73. The number of halogens is 2. The van der Waals surface area contributed by atoms with Gasteiger partial charge in [-0.15, -0.1) is 0 Å². The minimum absolute atomic E-state index is 0.218. The number of fused-ring (bicyclic) bond motifs is 1. The van der Waals surface area contributed by atoms with Gasteiger partial charge in [-0.1, -0.05) is 90.9 Å². The molecule has 0 aliphatic rings. The standard InChI is InChI=1S/C23H37F2N3/c1-3-5-7-9-11-13-15-19(16-14-12-10-8-6-4-2)28-26-22-17-20(24)21(25)18-23(22)27-28/h17-19H,3-16H2,1-2H3. The van der Waals surface area contributed by atoms with Crippen LogP contribution < -0.4 is 0 Å². The second-order valence-electron chi connectivity index (χ2n) is 8.04. The molecule has 0 N–H and O–H groups in total. The van der Waals surface area contributed by atoms with E-state index in [0.29, 0.717) is 11.0 Å². The van der Waals surface area contributed by atoms with Crippen molar-refractivity contribution in [2.75, 3.05) is 0 Å². The molecule has 0 unspecified atom stereocenters. The third kappa shape index (κ3) is 7.48. The second kappa shape index (κ2) is 12.8. The topological polar surface area (TPSA) is 30.7 Å². The van der Waals surface area contributed by atoms with E-state index in [0.717, 1.165) is 37.8 Å². The SMILES string of the molecule is CCCCCCCCC(CCCCCCCC)n1nc2cc(F)c(F)cc2n1. The fourth-order valence-corrected chi connectivity index (χ4v) is 3.79. The molecule has 0 saturated carbocycles. The molecule has 0 atom stereocenters. The predicted octanol–water partition coefficient (Wildman–Crippen LogP) is 7.75. The summed E-state index contributed by atoms with van der Waals surface area (Å²) in [4.78, 5) is 1.72. The normalized spacial score (nSPS) is 11.8. The molecule has 0 bridgehead atoms. The lowest BCUT2D eigenvalue weighted by Crippen LogP contribution is -2.12. The molecule has 28 heavy (non-hydrogen) atoms. The summed E-state index contributed by atoms with van der Waals surface area (Å²) in [5.41, 5.74) is 0.879. The number of rotatable bonds is 15. The van der Waals surface area contributed by atoms with Crippen molar-refractivity contribution in [1.29, 1.82) is 0 Å². The van der Waals surface area contributed by atoms with Gasteiger partial charge in [0.2, 0.25) is 0 Å². The van der Waals surface area contributed by atoms with E-state index in [2.05, 4.69) is 24.0 Å². The molecule has 2 aromatic rings. The Morgan fingerprint density at radius 2 is 1.07 bits per heavy atom. The van der Waals surface area contributed by atoms with Gasteiger partial charge in [-0.2, -0.15) is 15.0 Å². The summed E-state index contributed by atoms with van der Waals surface area (Å²) in [6.07, 6.45) is 17.2. The van der Waals surface area contributed by atoms with Crippen LogP contribution in [0.25, 0.3) is 11.0 Å². The monoisotopic (exact) mass is 393 g/mol. The van der Waals surface area contributed by atoms with Crippen LogP contribution in [-0.2, 0) is 0 Å². The van der Waals surface area contributed by atoms with Crippen LogP contribution >= 0.6 is 0 Å². The summed E-state index contributed by atoms with van der Waals surface area (Å²) in [7, 11) is 0. The van der Waals surface area contributed by atoms with Crippen molar-refractivity contribution in [2.45, 2.75) is 110 Å². The summed E-state index contributed by atoms with van der Waals surface area (Å²) in [6, 6.07) is 2.53. The van der Waals surface area contributed by atoms with Crippen molar-refractivity contribution in [2.24, 2.45) is 0 Å². The number of nitrogens with zero attached hydrogens (tertiary/aromatic N) is 3. The first-order valence-electron chi connectivity index (χ1n) is 11.4. The lowest BCUT2D eigenvalue weighted by molar-refractivity contribution is 0.337. The Morgan fingerprint density at radius 1 is 0.679 bits per heavy atom. The maximum absolute atomic E-state index is 13.5. The molecule has 0 spiro atoms. The molecule has 3 nitrogen and oxygen atoms in total. The Balaban J connectivity index is 1.94. The molecule has 158 valence electrons. The van der Waals surface area contributed by atoms with E-state index < -0.39 is 11.6 Å². The minimum Gasteiger partial charge on any atom is -0.204 e. The Hall–Kier alpha value is -1.52. The van der Waals surface area contributed by atoms with Crippen molar-refractivity contribution in [3.8, 4) is 0 Å². The van der Waals surface area contributed by atoms with Crippen LogP contribution in [0.4, 0.5) is 8.78 Å². The van der Waals surface area contributed by atoms with Gasteiger partial charge in [-0.3, -0.25) is 0 Å².